The van der Waals surface area contributed by atoms with Crippen LogP contribution in [0.3, 0.4) is 0 Å². The average molecular weight is 530 g/mol. The van der Waals surface area contributed by atoms with Crippen LogP contribution >= 0.6 is 0 Å². The summed E-state index contributed by atoms with van der Waals surface area (Å²) in [6.07, 6.45) is 14.6. The van der Waals surface area contributed by atoms with Crippen molar-refractivity contribution in [2.75, 3.05) is 21.3 Å². The van der Waals surface area contributed by atoms with Crippen LogP contribution < -0.4 is 0 Å². The quantitative estimate of drug-likeness (QED) is 0.0438. The fourth-order valence-electron chi connectivity index (χ4n) is 3.84. The number of methoxy groups -OCH3 is 3. The van der Waals surface area contributed by atoms with E-state index in [1.807, 2.05) is 12.2 Å². The summed E-state index contributed by atoms with van der Waals surface area (Å²) in [6, 6.07) is 0. The second-order valence-electron chi connectivity index (χ2n) is 11.1. The molecule has 0 amide bonds. The van der Waals surface area contributed by atoms with Crippen LogP contribution in [0, 0.1) is 11.8 Å². The zero-order valence-corrected chi connectivity index (χ0v) is 25.7. The predicted molar refractivity (Wildman–Crippen MR) is 150 cm³/mol. The maximum Gasteiger partial charge on any atom is 0.305 e. The summed E-state index contributed by atoms with van der Waals surface area (Å²) in [5, 5.41) is 0.116. The molecular formula is C29H54O6Si. The van der Waals surface area contributed by atoms with Gasteiger partial charge in [-0.2, -0.15) is 0 Å². The number of hydrogen-bond acceptors (Lipinski definition) is 6. The third-order valence-electron chi connectivity index (χ3n) is 7.19. The smallest absolute Gasteiger partial charge is 0.305 e. The van der Waals surface area contributed by atoms with E-state index in [4.69, 9.17) is 13.9 Å². The molecule has 3 atom stereocenters. The number of allylic oxidation sites excluding steroid dienone is 2. The topological polar surface area (TPSA) is 71.1 Å². The highest BCUT2D eigenvalue weighted by Gasteiger charge is 2.39. The van der Waals surface area contributed by atoms with Gasteiger partial charge in [-0.25, -0.2) is 0 Å². The summed E-state index contributed by atoms with van der Waals surface area (Å²) in [5.41, 5.74) is 0. The van der Waals surface area contributed by atoms with Gasteiger partial charge < -0.3 is 18.6 Å². The molecule has 0 heterocycles. The molecule has 7 heteroatoms. The third-order valence-corrected chi connectivity index (χ3v) is 11.7. The number of ether oxygens (including phenoxy) is 3. The normalized spacial score (nSPS) is 15.5. The molecule has 0 aliphatic heterocycles. The molecule has 0 saturated carbocycles. The van der Waals surface area contributed by atoms with Crippen LogP contribution in [-0.2, 0) is 28.2 Å². The highest BCUT2D eigenvalue weighted by molar-refractivity contribution is 6.74. The van der Waals surface area contributed by atoms with Gasteiger partial charge in [-0.05, 0) is 50.7 Å². The van der Waals surface area contributed by atoms with Crippen molar-refractivity contribution in [2.24, 2.45) is 11.8 Å². The van der Waals surface area contributed by atoms with Crippen molar-refractivity contribution >= 4 is 20.1 Å². The lowest BCUT2D eigenvalue weighted by atomic mass is 10.1. The van der Waals surface area contributed by atoms with E-state index < -0.39 is 14.6 Å². The second-order valence-corrected chi connectivity index (χ2v) is 15.9. The lowest BCUT2D eigenvalue weighted by Gasteiger charge is -2.39. The van der Waals surface area contributed by atoms with E-state index in [1.165, 1.54) is 13.5 Å². The van der Waals surface area contributed by atoms with Crippen LogP contribution in [0.5, 0.6) is 0 Å². The Labute approximate surface area is 222 Å². The lowest BCUT2D eigenvalue weighted by molar-refractivity contribution is -0.147. The molecule has 0 spiro atoms. The molecule has 6 nitrogen and oxygen atoms in total. The van der Waals surface area contributed by atoms with Crippen LogP contribution in [0.25, 0.3) is 0 Å². The molecule has 36 heavy (non-hydrogen) atoms. The molecule has 0 radical (unpaired) electrons. The zero-order valence-electron chi connectivity index (χ0n) is 24.7. The Balaban J connectivity index is 5.73. The molecule has 0 aromatic heterocycles. The monoisotopic (exact) mass is 529 g/mol. The molecule has 0 aliphatic carbocycles. The summed E-state index contributed by atoms with van der Waals surface area (Å²) >= 11 is 0. The number of Topliss-reactive ketones (excluding diaryl/α,β-unsaturated/α-hetero) is 1. The molecular weight excluding hydrogens is 475 g/mol. The summed E-state index contributed by atoms with van der Waals surface area (Å²) < 4.78 is 22.7. The van der Waals surface area contributed by atoms with Gasteiger partial charge >= 0.3 is 5.97 Å². The standard InChI is InChI=1S/C29H54O6Si/c1-11-12-15-18-24(35-36(9,10)29(3,4)5)21-22-26(28(33-7)34-8)25(23(2)30)19-16-13-14-17-20-27(31)32-6/h13,16,21-22,24-26,28H,11-12,14-15,17-20H2,1-10H3/b16-13-,22-21+/t24?,25-,26+/m0/s1/i2+1,23+1,25+1. The van der Waals surface area contributed by atoms with Gasteiger partial charge in [-0.1, -0.05) is 71.3 Å². The molecule has 0 bridgehead atoms. The summed E-state index contributed by atoms with van der Waals surface area (Å²) in [5.74, 6) is -0.636. The average Bonchev–Trinajstić information content (AvgIpc) is 2.80. The highest BCUT2D eigenvalue weighted by atomic mass is 28.4. The fourth-order valence-corrected chi connectivity index (χ4v) is 5.15. The maximum absolute atomic E-state index is 12.7. The first-order valence-electron chi connectivity index (χ1n) is 13.5. The number of carbonyl (C=O) groups excluding carboxylic acids is 2. The van der Waals surface area contributed by atoms with Crippen molar-refractivity contribution < 1.29 is 28.2 Å². The van der Waals surface area contributed by atoms with E-state index in [0.717, 1.165) is 32.1 Å². The van der Waals surface area contributed by atoms with Gasteiger partial charge in [0.25, 0.3) is 0 Å². The van der Waals surface area contributed by atoms with Crippen molar-refractivity contribution in [3.05, 3.63) is 24.3 Å². The largest absolute Gasteiger partial charge is 0.469 e. The Hall–Kier alpha value is -1.28. The minimum absolute atomic E-state index is 0.00391. The Bertz CT molecular complexity index is 676. The molecule has 0 saturated heterocycles. The zero-order chi connectivity index (χ0) is 27.8. The summed E-state index contributed by atoms with van der Waals surface area (Å²) in [6.45, 7) is 15.2. The van der Waals surface area contributed by atoms with E-state index in [2.05, 4.69) is 57.7 Å². The number of unbranched alkanes of at least 4 members (excludes halogenated alkanes) is 3. The minimum atomic E-state index is -1.96. The number of ketones is 1. The van der Waals surface area contributed by atoms with E-state index >= 15 is 0 Å². The maximum atomic E-state index is 12.7. The van der Waals surface area contributed by atoms with Gasteiger partial charge in [0.05, 0.1) is 13.2 Å². The summed E-state index contributed by atoms with van der Waals surface area (Å²) in [7, 11) is 2.66. The lowest BCUT2D eigenvalue weighted by Crippen LogP contribution is -2.43. The van der Waals surface area contributed by atoms with Crippen LogP contribution in [0.4, 0.5) is 0 Å². The van der Waals surface area contributed by atoms with Gasteiger partial charge in [0.1, 0.15) is 5.78 Å². The first kappa shape index (κ1) is 34.7. The van der Waals surface area contributed by atoms with E-state index in [0.29, 0.717) is 12.8 Å². The molecule has 0 aromatic carbocycles. The molecule has 0 rings (SSSR count). The van der Waals surface area contributed by atoms with Gasteiger partial charge in [-0.15, -0.1) is 0 Å². The molecule has 210 valence electrons. The Morgan fingerprint density at radius 2 is 1.58 bits per heavy atom. The first-order valence-corrected chi connectivity index (χ1v) is 16.4. The van der Waals surface area contributed by atoms with E-state index in [-0.39, 0.29) is 34.7 Å². The highest BCUT2D eigenvalue weighted by Crippen LogP contribution is 2.38. The van der Waals surface area contributed by atoms with Crippen LogP contribution in [0.2, 0.25) is 18.1 Å². The van der Waals surface area contributed by atoms with Crippen molar-refractivity contribution in [1.29, 1.82) is 0 Å². The van der Waals surface area contributed by atoms with Crippen molar-refractivity contribution in [3.63, 3.8) is 0 Å². The Kier molecular flexibility index (Phi) is 17.4. The van der Waals surface area contributed by atoms with Gasteiger partial charge in [-0.3, -0.25) is 9.59 Å². The predicted octanol–water partition coefficient (Wildman–Crippen LogP) is 7.24. The molecule has 1 unspecified atom stereocenters. The van der Waals surface area contributed by atoms with E-state index in [1.54, 1.807) is 21.1 Å². The number of carbonyl (C=O) groups is 2. The molecule has 0 fully saturated rings. The fraction of sp³-hybridized carbons (Fsp3) is 0.793. The van der Waals surface area contributed by atoms with Crippen molar-refractivity contribution in [2.45, 2.75) is 117 Å². The van der Waals surface area contributed by atoms with Gasteiger partial charge in [0.2, 0.25) is 0 Å². The molecule has 0 N–H and O–H groups in total. The summed E-state index contributed by atoms with van der Waals surface area (Å²) in [4.78, 5) is 24.0. The van der Waals surface area contributed by atoms with E-state index in [9.17, 15) is 9.59 Å². The van der Waals surface area contributed by atoms with Crippen molar-refractivity contribution in [1.82, 2.24) is 0 Å². The molecule has 0 aliphatic rings. The second kappa shape index (κ2) is 18.0. The number of esters is 1. The third kappa shape index (κ3) is 13.3. The number of hydrogen-bond donors (Lipinski definition) is 0. The minimum Gasteiger partial charge on any atom is -0.469 e. The van der Waals surface area contributed by atoms with Gasteiger partial charge in [0, 0.05) is 32.5 Å². The van der Waals surface area contributed by atoms with Gasteiger partial charge in [0.15, 0.2) is 14.6 Å². The SMILES string of the molecule is CCCCCC(/C=C/[C@@H](C(OC)OC)[13C@@H](C/C=C\CCCC(=O)OC)[13C]([13CH3])=O)O[Si](C)(C)C(C)(C)C. The molecule has 0 aromatic rings. The first-order chi connectivity index (χ1) is 16.8. The Morgan fingerprint density at radius 1 is 0.944 bits per heavy atom. The Morgan fingerprint density at radius 3 is 2.08 bits per heavy atom. The van der Waals surface area contributed by atoms with Crippen LogP contribution in [-0.4, -0.2) is 53.8 Å². The van der Waals surface area contributed by atoms with Crippen molar-refractivity contribution in [3.8, 4) is 0 Å². The van der Waals surface area contributed by atoms with Crippen LogP contribution in [0.15, 0.2) is 24.3 Å². The number of rotatable bonds is 19. The van der Waals surface area contributed by atoms with Crippen LogP contribution in [0.1, 0.15) is 86.0 Å².